The van der Waals surface area contributed by atoms with Crippen LogP contribution < -0.4 is 5.32 Å². The molecule has 1 aliphatic carbocycles. The summed E-state index contributed by atoms with van der Waals surface area (Å²) in [4.78, 5) is 22.5. The lowest BCUT2D eigenvalue weighted by Gasteiger charge is -2.26. The molecule has 0 aliphatic heterocycles. The molecule has 0 aromatic rings. The number of hydrogen-bond acceptors (Lipinski definition) is 2. The summed E-state index contributed by atoms with van der Waals surface area (Å²) in [7, 11) is 0. The zero-order valence-corrected chi connectivity index (χ0v) is 9.92. The van der Waals surface area contributed by atoms with E-state index in [1.54, 1.807) is 0 Å². The predicted octanol–water partition coefficient (Wildman–Crippen LogP) is 1.94. The van der Waals surface area contributed by atoms with Crippen LogP contribution in [0, 0.1) is 5.41 Å². The minimum atomic E-state index is -0.787. The lowest BCUT2D eigenvalue weighted by atomic mass is 9.79. The first-order valence-corrected chi connectivity index (χ1v) is 6.06. The van der Waals surface area contributed by atoms with Gasteiger partial charge >= 0.3 is 5.97 Å². The summed E-state index contributed by atoms with van der Waals surface area (Å²) in [6, 6.07) is 0. The Labute approximate surface area is 96.4 Å². The van der Waals surface area contributed by atoms with Crippen molar-refractivity contribution < 1.29 is 14.7 Å². The number of amides is 1. The van der Waals surface area contributed by atoms with Crippen molar-refractivity contribution in [3.63, 3.8) is 0 Å². The fourth-order valence-electron chi connectivity index (χ4n) is 2.53. The topological polar surface area (TPSA) is 66.4 Å². The fourth-order valence-corrected chi connectivity index (χ4v) is 2.53. The molecule has 0 unspecified atom stereocenters. The van der Waals surface area contributed by atoms with Gasteiger partial charge in [0, 0.05) is 13.0 Å². The van der Waals surface area contributed by atoms with Gasteiger partial charge in [-0.3, -0.25) is 9.59 Å². The van der Waals surface area contributed by atoms with Gasteiger partial charge in [0.15, 0.2) is 0 Å². The molecule has 0 radical (unpaired) electrons. The fraction of sp³-hybridized carbons (Fsp3) is 0.833. The van der Waals surface area contributed by atoms with E-state index in [0.29, 0.717) is 13.0 Å². The molecule has 0 bridgehead atoms. The van der Waals surface area contributed by atoms with Crippen molar-refractivity contribution in [3.8, 4) is 0 Å². The molecule has 16 heavy (non-hydrogen) atoms. The maximum absolute atomic E-state index is 11.6. The molecule has 1 rings (SSSR count). The number of hydrogen-bond donors (Lipinski definition) is 2. The van der Waals surface area contributed by atoms with Crippen molar-refractivity contribution in [2.45, 2.75) is 51.9 Å². The van der Waals surface area contributed by atoms with Gasteiger partial charge in [-0.2, -0.15) is 0 Å². The molecule has 92 valence electrons. The van der Waals surface area contributed by atoms with Crippen LogP contribution in [0.25, 0.3) is 0 Å². The molecule has 0 heterocycles. The highest BCUT2D eigenvalue weighted by atomic mass is 16.4. The van der Waals surface area contributed by atoms with Crippen LogP contribution in [0.15, 0.2) is 0 Å². The van der Waals surface area contributed by atoms with Crippen molar-refractivity contribution in [3.05, 3.63) is 0 Å². The van der Waals surface area contributed by atoms with Crippen LogP contribution in [0.2, 0.25) is 0 Å². The second kappa shape index (κ2) is 5.87. The minimum absolute atomic E-state index is 0.00463. The third kappa shape index (κ3) is 3.83. The number of nitrogens with one attached hydrogen (secondary N) is 1. The van der Waals surface area contributed by atoms with Crippen LogP contribution in [-0.2, 0) is 9.59 Å². The maximum Gasteiger partial charge on any atom is 0.303 e. The van der Waals surface area contributed by atoms with Crippen LogP contribution in [0.3, 0.4) is 0 Å². The van der Waals surface area contributed by atoms with Gasteiger partial charge in [-0.15, -0.1) is 0 Å². The van der Waals surface area contributed by atoms with Crippen LogP contribution in [-0.4, -0.2) is 23.5 Å². The molecule has 2 N–H and O–H groups in total. The zero-order valence-electron chi connectivity index (χ0n) is 9.92. The number of carbonyl (C=O) groups excluding carboxylic acids is 1. The molecule has 1 fully saturated rings. The van der Waals surface area contributed by atoms with E-state index in [1.165, 1.54) is 0 Å². The summed E-state index contributed by atoms with van der Waals surface area (Å²) in [5.41, 5.74) is -0.274. The van der Waals surface area contributed by atoms with Crippen LogP contribution in [0.1, 0.15) is 51.9 Å². The molecule has 0 aromatic heterocycles. The Morgan fingerprint density at radius 3 is 2.38 bits per heavy atom. The summed E-state index contributed by atoms with van der Waals surface area (Å²) >= 11 is 0. The average Bonchev–Trinajstić information content (AvgIpc) is 2.62. The molecular weight excluding hydrogens is 206 g/mol. The summed E-state index contributed by atoms with van der Waals surface area (Å²) in [6.45, 7) is 2.69. The van der Waals surface area contributed by atoms with E-state index in [2.05, 4.69) is 5.32 Å². The summed E-state index contributed by atoms with van der Waals surface area (Å²) in [5.74, 6) is -0.782. The van der Waals surface area contributed by atoms with Crippen molar-refractivity contribution >= 4 is 11.9 Å². The standard InChI is InChI=1S/C12H21NO3/c1-2-7-13-10(14)8-12(9-11(15)16)5-3-4-6-12/h2-9H2,1H3,(H,13,14)(H,15,16). The molecular formula is C12H21NO3. The SMILES string of the molecule is CCCNC(=O)CC1(CC(=O)O)CCCC1. The van der Waals surface area contributed by atoms with E-state index in [-0.39, 0.29) is 17.7 Å². The Morgan fingerprint density at radius 2 is 1.88 bits per heavy atom. The second-order valence-corrected chi connectivity index (χ2v) is 4.80. The number of carboxylic acids is 1. The summed E-state index contributed by atoms with van der Waals surface area (Å²) in [6.07, 6.45) is 5.27. The van der Waals surface area contributed by atoms with Gasteiger partial charge in [-0.25, -0.2) is 0 Å². The molecule has 1 aliphatic rings. The second-order valence-electron chi connectivity index (χ2n) is 4.80. The molecule has 1 amide bonds. The Kier molecular flexibility index (Phi) is 4.77. The number of aliphatic carboxylic acids is 1. The molecule has 0 atom stereocenters. The minimum Gasteiger partial charge on any atom is -0.481 e. The Hall–Kier alpha value is -1.06. The van der Waals surface area contributed by atoms with Crippen molar-refractivity contribution in [1.29, 1.82) is 0 Å². The van der Waals surface area contributed by atoms with E-state index in [9.17, 15) is 9.59 Å². The smallest absolute Gasteiger partial charge is 0.303 e. The van der Waals surface area contributed by atoms with E-state index in [1.807, 2.05) is 6.92 Å². The number of rotatable bonds is 6. The van der Waals surface area contributed by atoms with E-state index in [4.69, 9.17) is 5.11 Å². The molecule has 4 heteroatoms. The van der Waals surface area contributed by atoms with Crippen LogP contribution >= 0.6 is 0 Å². The molecule has 0 aromatic carbocycles. The third-order valence-electron chi connectivity index (χ3n) is 3.30. The van der Waals surface area contributed by atoms with E-state index >= 15 is 0 Å². The van der Waals surface area contributed by atoms with E-state index in [0.717, 1.165) is 32.1 Å². The van der Waals surface area contributed by atoms with Crippen molar-refractivity contribution in [2.24, 2.45) is 5.41 Å². The Bertz CT molecular complexity index is 257. The quantitative estimate of drug-likeness (QED) is 0.728. The van der Waals surface area contributed by atoms with Gasteiger partial charge in [0.2, 0.25) is 5.91 Å². The first kappa shape index (κ1) is 13.0. The summed E-state index contributed by atoms with van der Waals surface area (Å²) in [5, 5.41) is 11.7. The molecule has 0 saturated heterocycles. The van der Waals surface area contributed by atoms with Gasteiger partial charge in [0.1, 0.15) is 0 Å². The highest BCUT2D eigenvalue weighted by Crippen LogP contribution is 2.43. The first-order chi connectivity index (χ1) is 7.58. The van der Waals surface area contributed by atoms with Gasteiger partial charge < -0.3 is 10.4 Å². The molecule has 1 saturated carbocycles. The highest BCUT2D eigenvalue weighted by Gasteiger charge is 2.37. The summed E-state index contributed by atoms with van der Waals surface area (Å²) < 4.78 is 0. The lowest BCUT2D eigenvalue weighted by molar-refractivity contribution is -0.140. The molecule has 4 nitrogen and oxygen atoms in total. The van der Waals surface area contributed by atoms with Crippen LogP contribution in [0.5, 0.6) is 0 Å². The van der Waals surface area contributed by atoms with E-state index < -0.39 is 5.97 Å². The monoisotopic (exact) mass is 227 g/mol. The Balaban J connectivity index is 2.50. The Morgan fingerprint density at radius 1 is 1.25 bits per heavy atom. The van der Waals surface area contributed by atoms with Gasteiger partial charge in [0.25, 0.3) is 0 Å². The van der Waals surface area contributed by atoms with Gasteiger partial charge in [0.05, 0.1) is 6.42 Å². The van der Waals surface area contributed by atoms with Crippen molar-refractivity contribution in [2.75, 3.05) is 6.54 Å². The number of carboxylic acid groups (broad SMARTS) is 1. The van der Waals surface area contributed by atoms with Gasteiger partial charge in [-0.1, -0.05) is 19.8 Å². The van der Waals surface area contributed by atoms with Crippen molar-refractivity contribution in [1.82, 2.24) is 5.32 Å². The number of carbonyl (C=O) groups is 2. The maximum atomic E-state index is 11.6. The lowest BCUT2D eigenvalue weighted by Crippen LogP contribution is -2.32. The average molecular weight is 227 g/mol. The largest absolute Gasteiger partial charge is 0.481 e. The normalized spacial score (nSPS) is 18.3. The van der Waals surface area contributed by atoms with Crippen LogP contribution in [0.4, 0.5) is 0 Å². The first-order valence-electron chi connectivity index (χ1n) is 6.06. The predicted molar refractivity (Wildman–Crippen MR) is 61.1 cm³/mol. The van der Waals surface area contributed by atoms with Gasteiger partial charge in [-0.05, 0) is 24.7 Å². The zero-order chi connectivity index (χ0) is 12.0. The molecule has 0 spiro atoms. The third-order valence-corrected chi connectivity index (χ3v) is 3.30. The highest BCUT2D eigenvalue weighted by molar-refractivity contribution is 5.78.